The minimum atomic E-state index is -0.649. The molecule has 7 nitrogen and oxygen atoms in total. The number of hydrogen-bond donors (Lipinski definition) is 2. The topological polar surface area (TPSA) is 92.8 Å². The minimum Gasteiger partial charge on any atom is -0.490 e. The van der Waals surface area contributed by atoms with Gasteiger partial charge in [-0.1, -0.05) is 71.7 Å². The second-order valence-electron chi connectivity index (χ2n) is 9.09. The quantitative estimate of drug-likeness (QED) is 0.0839. The van der Waals surface area contributed by atoms with Gasteiger partial charge in [0.1, 0.15) is 5.69 Å². The molecule has 1 aromatic heterocycles. The van der Waals surface area contributed by atoms with Crippen molar-refractivity contribution < 1.29 is 19.1 Å². The molecule has 0 radical (unpaired) electrons. The average molecular weight is 586 g/mol. The molecule has 0 saturated heterocycles. The van der Waals surface area contributed by atoms with Crippen LogP contribution in [0.25, 0.3) is 22.0 Å². The number of hydrogen-bond acceptors (Lipinski definition) is 5. The second kappa shape index (κ2) is 12.3. The van der Waals surface area contributed by atoms with E-state index < -0.39 is 5.97 Å². The number of esters is 1. The van der Waals surface area contributed by atoms with Crippen molar-refractivity contribution in [2.24, 2.45) is 5.10 Å². The van der Waals surface area contributed by atoms with Crippen molar-refractivity contribution >= 4 is 52.2 Å². The van der Waals surface area contributed by atoms with Crippen molar-refractivity contribution in [3.05, 3.63) is 117 Å². The molecule has 0 aliphatic heterocycles. The van der Waals surface area contributed by atoms with Gasteiger partial charge < -0.3 is 14.5 Å². The van der Waals surface area contributed by atoms with Crippen LogP contribution in [0.2, 0.25) is 10.0 Å². The maximum absolute atomic E-state index is 13.3. The summed E-state index contributed by atoms with van der Waals surface area (Å²) in [4.78, 5) is 29.3. The zero-order valence-corrected chi connectivity index (χ0v) is 23.7. The third kappa shape index (κ3) is 6.11. The Morgan fingerprint density at radius 3 is 2.51 bits per heavy atom. The van der Waals surface area contributed by atoms with E-state index in [0.29, 0.717) is 28.6 Å². The Morgan fingerprint density at radius 2 is 1.76 bits per heavy atom. The number of carbonyl (C=O) groups is 2. The highest BCUT2D eigenvalue weighted by Crippen LogP contribution is 2.34. The molecular weight excluding hydrogens is 561 g/mol. The fourth-order valence-electron chi connectivity index (χ4n) is 4.43. The van der Waals surface area contributed by atoms with Gasteiger partial charge >= 0.3 is 5.97 Å². The predicted octanol–water partition coefficient (Wildman–Crippen LogP) is 7.83. The van der Waals surface area contributed by atoms with Gasteiger partial charge in [-0.05, 0) is 66.9 Å². The molecule has 1 amide bonds. The molecule has 9 heteroatoms. The van der Waals surface area contributed by atoms with E-state index >= 15 is 0 Å². The summed E-state index contributed by atoms with van der Waals surface area (Å²) in [5, 5.41) is 5.71. The van der Waals surface area contributed by atoms with Crippen molar-refractivity contribution in [3.63, 3.8) is 0 Å². The predicted molar refractivity (Wildman–Crippen MR) is 163 cm³/mol. The first-order chi connectivity index (χ1) is 19.9. The summed E-state index contributed by atoms with van der Waals surface area (Å²) < 4.78 is 11.2. The zero-order chi connectivity index (χ0) is 28.9. The van der Waals surface area contributed by atoms with Gasteiger partial charge in [-0.2, -0.15) is 5.10 Å². The van der Waals surface area contributed by atoms with Gasteiger partial charge in [0, 0.05) is 21.5 Å². The molecule has 0 atom stereocenters. The number of fused-ring (bicyclic) bond motifs is 1. The standard InChI is InChI=1S/C32H25Cl2N3O4/c1-3-40-27-16-20(12-15-26(27)41-32(39)23-14-13-22(33)17-25(23)34)18-35-37-31(38)30-28(21-9-5-4-6-10-21)24-11-7-8-19(2)29(24)36-30/h4-18,36H,3H2,1-2H3,(H,37,38). The Bertz CT molecular complexity index is 1780. The molecular formula is C32H25Cl2N3O4. The molecule has 5 rings (SSSR count). The molecule has 0 aliphatic carbocycles. The molecule has 5 aromatic rings. The number of nitrogens with zero attached hydrogens (tertiary/aromatic N) is 1. The van der Waals surface area contributed by atoms with Crippen molar-refractivity contribution in [1.82, 2.24) is 10.4 Å². The Hall–Kier alpha value is -4.59. The number of amides is 1. The lowest BCUT2D eigenvalue weighted by Gasteiger charge is -2.12. The molecule has 0 aliphatic rings. The molecule has 4 aromatic carbocycles. The monoisotopic (exact) mass is 585 g/mol. The number of H-pyrrole nitrogens is 1. The van der Waals surface area contributed by atoms with Gasteiger partial charge in [0.15, 0.2) is 11.5 Å². The van der Waals surface area contributed by atoms with Gasteiger partial charge in [0.05, 0.1) is 23.4 Å². The number of carbonyl (C=O) groups excluding carboxylic acids is 2. The summed E-state index contributed by atoms with van der Waals surface area (Å²) in [7, 11) is 0. The van der Waals surface area contributed by atoms with Gasteiger partial charge in [0.2, 0.25) is 0 Å². The van der Waals surface area contributed by atoms with Crippen LogP contribution in [0.5, 0.6) is 11.5 Å². The number of nitrogens with one attached hydrogen (secondary N) is 2. The fourth-order valence-corrected chi connectivity index (χ4v) is 4.91. The van der Waals surface area contributed by atoms with E-state index in [4.69, 9.17) is 32.7 Å². The number of benzene rings is 4. The van der Waals surface area contributed by atoms with E-state index in [9.17, 15) is 9.59 Å². The molecule has 2 N–H and O–H groups in total. The summed E-state index contributed by atoms with van der Waals surface area (Å²) in [6.07, 6.45) is 1.48. The number of halogens is 2. The van der Waals surface area contributed by atoms with Crippen LogP contribution in [0.1, 0.15) is 38.9 Å². The number of rotatable bonds is 8. The SMILES string of the molecule is CCOc1cc(C=NNC(=O)c2[nH]c3c(C)cccc3c2-c2ccccc2)ccc1OC(=O)c1ccc(Cl)cc1Cl. The minimum absolute atomic E-state index is 0.175. The molecule has 0 fully saturated rings. The summed E-state index contributed by atoms with van der Waals surface area (Å²) in [5.74, 6) is -0.487. The number of aryl methyl sites for hydroxylation is 1. The smallest absolute Gasteiger partial charge is 0.345 e. The maximum Gasteiger partial charge on any atom is 0.345 e. The number of aromatic amines is 1. The third-order valence-corrected chi connectivity index (χ3v) is 6.88. The number of aromatic nitrogens is 1. The van der Waals surface area contributed by atoms with Gasteiger partial charge in [0.25, 0.3) is 5.91 Å². The zero-order valence-electron chi connectivity index (χ0n) is 22.2. The number of hydrazone groups is 1. The Balaban J connectivity index is 1.36. The Labute approximate surface area is 246 Å². The molecule has 0 saturated carbocycles. The van der Waals surface area contributed by atoms with Crippen molar-refractivity contribution in [2.75, 3.05) is 6.61 Å². The van der Waals surface area contributed by atoms with Gasteiger partial charge in [-0.15, -0.1) is 0 Å². The Morgan fingerprint density at radius 1 is 0.951 bits per heavy atom. The van der Waals surface area contributed by atoms with Crippen LogP contribution in [-0.2, 0) is 0 Å². The van der Waals surface area contributed by atoms with Crippen molar-refractivity contribution in [2.45, 2.75) is 13.8 Å². The van der Waals surface area contributed by atoms with E-state index in [1.54, 1.807) is 24.3 Å². The van der Waals surface area contributed by atoms with E-state index in [0.717, 1.165) is 27.6 Å². The molecule has 41 heavy (non-hydrogen) atoms. The van der Waals surface area contributed by atoms with E-state index in [1.807, 2.05) is 62.4 Å². The van der Waals surface area contributed by atoms with Crippen molar-refractivity contribution in [1.29, 1.82) is 0 Å². The van der Waals surface area contributed by atoms with Crippen LogP contribution < -0.4 is 14.9 Å². The maximum atomic E-state index is 13.3. The lowest BCUT2D eigenvalue weighted by Crippen LogP contribution is -2.19. The van der Waals surface area contributed by atoms with Crippen LogP contribution in [-0.4, -0.2) is 29.7 Å². The highest BCUT2D eigenvalue weighted by atomic mass is 35.5. The first-order valence-electron chi connectivity index (χ1n) is 12.8. The third-order valence-electron chi connectivity index (χ3n) is 6.33. The number of para-hydroxylation sites is 1. The first-order valence-corrected chi connectivity index (χ1v) is 13.6. The van der Waals surface area contributed by atoms with E-state index in [2.05, 4.69) is 15.5 Å². The van der Waals surface area contributed by atoms with Crippen LogP contribution in [0.4, 0.5) is 0 Å². The summed E-state index contributed by atoms with van der Waals surface area (Å²) in [5.41, 5.74) is 7.48. The van der Waals surface area contributed by atoms with Crippen LogP contribution in [0, 0.1) is 6.92 Å². The lowest BCUT2D eigenvalue weighted by atomic mass is 10.0. The highest BCUT2D eigenvalue weighted by molar-refractivity contribution is 6.36. The summed E-state index contributed by atoms with van der Waals surface area (Å²) in [6.45, 7) is 4.15. The van der Waals surface area contributed by atoms with Gasteiger partial charge in [-0.25, -0.2) is 10.2 Å². The second-order valence-corrected chi connectivity index (χ2v) is 9.93. The van der Waals surface area contributed by atoms with Crippen LogP contribution >= 0.6 is 23.2 Å². The highest BCUT2D eigenvalue weighted by Gasteiger charge is 2.20. The van der Waals surface area contributed by atoms with E-state index in [-0.39, 0.29) is 22.2 Å². The van der Waals surface area contributed by atoms with E-state index in [1.165, 1.54) is 18.3 Å². The molecule has 206 valence electrons. The Kier molecular flexibility index (Phi) is 8.38. The number of ether oxygens (including phenoxy) is 2. The summed E-state index contributed by atoms with van der Waals surface area (Å²) >= 11 is 12.1. The molecule has 1 heterocycles. The molecule has 0 bridgehead atoms. The van der Waals surface area contributed by atoms with Crippen LogP contribution in [0.3, 0.4) is 0 Å². The largest absolute Gasteiger partial charge is 0.490 e. The average Bonchev–Trinajstić information content (AvgIpc) is 3.36. The van der Waals surface area contributed by atoms with Crippen molar-refractivity contribution in [3.8, 4) is 22.6 Å². The van der Waals surface area contributed by atoms with Gasteiger partial charge in [-0.3, -0.25) is 4.79 Å². The normalized spacial score (nSPS) is 11.1. The molecule has 0 spiro atoms. The van der Waals surface area contributed by atoms with Crippen LogP contribution in [0.15, 0.2) is 90.0 Å². The lowest BCUT2D eigenvalue weighted by molar-refractivity contribution is 0.0728. The fraction of sp³-hybridized carbons (Fsp3) is 0.0938. The molecule has 0 unspecified atom stereocenters. The summed E-state index contributed by atoms with van der Waals surface area (Å²) in [6, 6.07) is 25.2. The first kappa shape index (κ1) is 28.0.